The molecule has 0 aliphatic carbocycles. The van der Waals surface area contributed by atoms with Crippen molar-refractivity contribution in [2.45, 2.75) is 66.5 Å². The summed E-state index contributed by atoms with van der Waals surface area (Å²) in [5.74, 6) is 1.37. The van der Waals surface area contributed by atoms with Crippen molar-refractivity contribution in [3.63, 3.8) is 0 Å². The Kier molecular flexibility index (Phi) is 4.84. The van der Waals surface area contributed by atoms with Crippen LogP contribution >= 0.6 is 11.3 Å². The lowest BCUT2D eigenvalue weighted by molar-refractivity contribution is 0.389. The molecule has 0 radical (unpaired) electrons. The van der Waals surface area contributed by atoms with Crippen molar-refractivity contribution in [1.82, 2.24) is 15.5 Å². The highest BCUT2D eigenvalue weighted by Gasteiger charge is 2.21. The van der Waals surface area contributed by atoms with Crippen LogP contribution in [0.2, 0.25) is 0 Å². The molecule has 0 aliphatic rings. The summed E-state index contributed by atoms with van der Waals surface area (Å²) in [6, 6.07) is 0.467. The quantitative estimate of drug-likeness (QED) is 0.877. The highest BCUT2D eigenvalue weighted by molar-refractivity contribution is 7.11. The standard InChI is InChI=1S/C16H25N3OS/c1-8(2)16-18-12(6)15(21-16)11(5)17-9(3)14-10(4)19-20-13(14)7/h8-9,11,17H,1-7H3/t9-,11-/m0/s1. The Morgan fingerprint density at radius 3 is 2.14 bits per heavy atom. The zero-order valence-corrected chi connectivity index (χ0v) is 14.8. The van der Waals surface area contributed by atoms with Gasteiger partial charge in [-0.25, -0.2) is 4.98 Å². The molecular formula is C16H25N3OS. The number of aryl methyl sites for hydroxylation is 3. The predicted octanol–water partition coefficient (Wildman–Crippen LogP) is 4.59. The van der Waals surface area contributed by atoms with Gasteiger partial charge >= 0.3 is 0 Å². The van der Waals surface area contributed by atoms with Crippen molar-refractivity contribution in [1.29, 1.82) is 0 Å². The molecule has 2 atom stereocenters. The third-order valence-corrected chi connectivity index (χ3v) is 5.40. The average Bonchev–Trinajstić information content (AvgIpc) is 2.93. The largest absolute Gasteiger partial charge is 0.361 e. The van der Waals surface area contributed by atoms with Gasteiger partial charge in [0.15, 0.2) is 0 Å². The highest BCUT2D eigenvalue weighted by atomic mass is 32.1. The van der Waals surface area contributed by atoms with Crippen molar-refractivity contribution < 1.29 is 4.52 Å². The van der Waals surface area contributed by atoms with Gasteiger partial charge in [0.1, 0.15) is 5.76 Å². The van der Waals surface area contributed by atoms with Crippen molar-refractivity contribution in [2.24, 2.45) is 0 Å². The molecular weight excluding hydrogens is 282 g/mol. The average molecular weight is 307 g/mol. The number of nitrogens with one attached hydrogen (secondary N) is 1. The van der Waals surface area contributed by atoms with Crippen LogP contribution in [0.4, 0.5) is 0 Å². The molecule has 5 heteroatoms. The van der Waals surface area contributed by atoms with E-state index in [1.54, 1.807) is 0 Å². The third kappa shape index (κ3) is 3.35. The van der Waals surface area contributed by atoms with Gasteiger partial charge in [0, 0.05) is 28.4 Å². The molecule has 2 heterocycles. The maximum absolute atomic E-state index is 5.26. The molecule has 0 saturated heterocycles. The molecule has 0 spiro atoms. The van der Waals surface area contributed by atoms with Crippen LogP contribution in [0.3, 0.4) is 0 Å². The van der Waals surface area contributed by atoms with Crippen LogP contribution in [-0.4, -0.2) is 10.1 Å². The summed E-state index contributed by atoms with van der Waals surface area (Å²) in [4.78, 5) is 6.00. The zero-order valence-electron chi connectivity index (χ0n) is 13.9. The van der Waals surface area contributed by atoms with Gasteiger partial charge in [0.05, 0.1) is 16.4 Å². The van der Waals surface area contributed by atoms with E-state index in [1.165, 1.54) is 9.88 Å². The van der Waals surface area contributed by atoms with Crippen molar-refractivity contribution in [2.75, 3.05) is 0 Å². The van der Waals surface area contributed by atoms with Crippen molar-refractivity contribution in [3.8, 4) is 0 Å². The topological polar surface area (TPSA) is 51.0 Å². The van der Waals surface area contributed by atoms with Crippen LogP contribution in [0.25, 0.3) is 0 Å². The minimum absolute atomic E-state index is 0.204. The Hall–Kier alpha value is -1.20. The van der Waals surface area contributed by atoms with E-state index in [0.717, 1.165) is 22.7 Å². The van der Waals surface area contributed by atoms with Crippen molar-refractivity contribution in [3.05, 3.63) is 32.6 Å². The van der Waals surface area contributed by atoms with Gasteiger partial charge < -0.3 is 9.84 Å². The molecule has 2 aromatic heterocycles. The number of hydrogen-bond donors (Lipinski definition) is 1. The second-order valence-corrected chi connectivity index (χ2v) is 7.07. The van der Waals surface area contributed by atoms with E-state index in [-0.39, 0.29) is 12.1 Å². The first kappa shape index (κ1) is 16.2. The van der Waals surface area contributed by atoms with Gasteiger partial charge in [-0.2, -0.15) is 0 Å². The number of nitrogens with zero attached hydrogens (tertiary/aromatic N) is 2. The van der Waals surface area contributed by atoms with Gasteiger partial charge in [-0.15, -0.1) is 11.3 Å². The Balaban J connectivity index is 2.16. The van der Waals surface area contributed by atoms with Gasteiger partial charge in [0.25, 0.3) is 0 Å². The molecule has 0 fully saturated rings. The molecule has 0 aliphatic heterocycles. The minimum atomic E-state index is 0.204. The Bertz CT molecular complexity index is 596. The van der Waals surface area contributed by atoms with E-state index in [9.17, 15) is 0 Å². The lowest BCUT2D eigenvalue weighted by atomic mass is 10.1. The molecule has 4 nitrogen and oxygen atoms in total. The van der Waals surface area contributed by atoms with Crippen LogP contribution in [0.1, 0.15) is 78.3 Å². The fraction of sp³-hybridized carbons (Fsp3) is 0.625. The zero-order chi connectivity index (χ0) is 15.7. The molecule has 0 bridgehead atoms. The summed E-state index contributed by atoms with van der Waals surface area (Å²) in [6.45, 7) is 14.8. The first-order valence-electron chi connectivity index (χ1n) is 7.47. The van der Waals surface area contributed by atoms with E-state index >= 15 is 0 Å². The summed E-state index contributed by atoms with van der Waals surface area (Å²) in [5.41, 5.74) is 3.26. The van der Waals surface area contributed by atoms with Gasteiger partial charge in [-0.3, -0.25) is 0 Å². The van der Waals surface area contributed by atoms with Crippen LogP contribution < -0.4 is 5.32 Å². The van der Waals surface area contributed by atoms with Gasteiger partial charge in [-0.05, 0) is 34.6 Å². The van der Waals surface area contributed by atoms with Crippen LogP contribution in [0.15, 0.2) is 4.52 Å². The van der Waals surface area contributed by atoms with E-state index in [2.05, 4.69) is 50.1 Å². The van der Waals surface area contributed by atoms with Gasteiger partial charge in [-0.1, -0.05) is 19.0 Å². The first-order valence-corrected chi connectivity index (χ1v) is 8.29. The third-order valence-electron chi connectivity index (χ3n) is 3.76. The second-order valence-electron chi connectivity index (χ2n) is 6.00. The van der Waals surface area contributed by atoms with Crippen LogP contribution in [0, 0.1) is 20.8 Å². The van der Waals surface area contributed by atoms with Crippen LogP contribution in [0.5, 0.6) is 0 Å². The van der Waals surface area contributed by atoms with Crippen molar-refractivity contribution >= 4 is 11.3 Å². The summed E-state index contributed by atoms with van der Waals surface area (Å²) < 4.78 is 5.26. The Labute approximate surface area is 131 Å². The maximum Gasteiger partial charge on any atom is 0.138 e. The Morgan fingerprint density at radius 1 is 1.00 bits per heavy atom. The monoisotopic (exact) mass is 307 g/mol. The molecule has 21 heavy (non-hydrogen) atoms. The lowest BCUT2D eigenvalue weighted by Crippen LogP contribution is -2.23. The van der Waals surface area contributed by atoms with Crippen LogP contribution in [-0.2, 0) is 0 Å². The summed E-state index contributed by atoms with van der Waals surface area (Å²) in [7, 11) is 0. The summed E-state index contributed by atoms with van der Waals surface area (Å²) in [5, 5.41) is 8.89. The smallest absolute Gasteiger partial charge is 0.138 e. The molecule has 1 N–H and O–H groups in total. The van der Waals surface area contributed by atoms with E-state index < -0.39 is 0 Å². The summed E-state index contributed by atoms with van der Waals surface area (Å²) >= 11 is 1.81. The molecule has 0 unspecified atom stereocenters. The number of hydrogen-bond acceptors (Lipinski definition) is 5. The number of aromatic nitrogens is 2. The molecule has 0 amide bonds. The fourth-order valence-corrected chi connectivity index (χ4v) is 3.80. The van der Waals surface area contributed by atoms with E-state index in [4.69, 9.17) is 4.52 Å². The minimum Gasteiger partial charge on any atom is -0.361 e. The SMILES string of the molecule is Cc1nc(C(C)C)sc1[C@H](C)N[C@@H](C)c1c(C)noc1C. The molecule has 0 saturated carbocycles. The molecule has 2 aromatic rings. The van der Waals surface area contributed by atoms with E-state index in [0.29, 0.717) is 5.92 Å². The van der Waals surface area contributed by atoms with E-state index in [1.807, 2.05) is 25.2 Å². The maximum atomic E-state index is 5.26. The fourth-order valence-electron chi connectivity index (χ4n) is 2.72. The normalized spacial score (nSPS) is 14.7. The molecule has 0 aromatic carbocycles. The Morgan fingerprint density at radius 2 is 1.67 bits per heavy atom. The highest BCUT2D eigenvalue weighted by Crippen LogP contribution is 2.31. The molecule has 116 valence electrons. The predicted molar refractivity (Wildman–Crippen MR) is 86.9 cm³/mol. The molecule has 2 rings (SSSR count). The lowest BCUT2D eigenvalue weighted by Gasteiger charge is -2.19. The van der Waals surface area contributed by atoms with Gasteiger partial charge in [0.2, 0.25) is 0 Å². The number of thiazole rings is 1. The first-order chi connectivity index (χ1) is 9.81. The number of rotatable bonds is 5. The summed E-state index contributed by atoms with van der Waals surface area (Å²) in [6.07, 6.45) is 0. The second kappa shape index (κ2) is 6.28.